The second kappa shape index (κ2) is 5.89. The van der Waals surface area contributed by atoms with Crippen molar-refractivity contribution in [3.05, 3.63) is 29.8 Å². The van der Waals surface area contributed by atoms with Crippen LogP contribution in [0.2, 0.25) is 0 Å². The van der Waals surface area contributed by atoms with E-state index in [2.05, 4.69) is 36.7 Å². The molecule has 4 heterocycles. The predicted octanol–water partition coefficient (Wildman–Crippen LogP) is 1.46. The summed E-state index contributed by atoms with van der Waals surface area (Å²) in [6.45, 7) is 8.17. The number of hydrogen-bond acceptors (Lipinski definition) is 7. The third-order valence-corrected chi connectivity index (χ3v) is 5.20. The summed E-state index contributed by atoms with van der Waals surface area (Å²) in [6, 6.07) is 1.78. The molecule has 2 unspecified atom stereocenters. The highest BCUT2D eigenvalue weighted by atomic mass is 16.5. The van der Waals surface area contributed by atoms with E-state index in [9.17, 15) is 0 Å². The molecule has 2 aromatic rings. The van der Waals surface area contributed by atoms with Gasteiger partial charge >= 0.3 is 0 Å². The van der Waals surface area contributed by atoms with Gasteiger partial charge in [0.25, 0.3) is 0 Å². The number of ether oxygens (including phenoxy) is 1. The van der Waals surface area contributed by atoms with Crippen LogP contribution < -0.4 is 14.5 Å². The van der Waals surface area contributed by atoms with E-state index in [4.69, 9.17) is 4.74 Å². The molecule has 0 aromatic carbocycles. The Morgan fingerprint density at radius 3 is 2.42 bits per heavy atom. The fourth-order valence-corrected chi connectivity index (χ4v) is 3.77. The van der Waals surface area contributed by atoms with E-state index < -0.39 is 0 Å². The van der Waals surface area contributed by atoms with Crippen LogP contribution in [0.3, 0.4) is 0 Å². The molecule has 7 nitrogen and oxygen atoms in total. The topological polar surface area (TPSA) is 67.3 Å². The molecule has 0 bridgehead atoms. The highest BCUT2D eigenvalue weighted by Gasteiger charge is 2.41. The first-order valence-electron chi connectivity index (χ1n) is 8.31. The quantitative estimate of drug-likeness (QED) is 0.846. The van der Waals surface area contributed by atoms with Crippen LogP contribution in [0.25, 0.3) is 0 Å². The fraction of sp³-hybridized carbons (Fsp3) is 0.529. The van der Waals surface area contributed by atoms with Gasteiger partial charge in [-0.3, -0.25) is 0 Å². The molecule has 2 aliphatic heterocycles. The Labute approximate surface area is 141 Å². The maximum atomic E-state index is 5.21. The van der Waals surface area contributed by atoms with Crippen molar-refractivity contribution in [2.24, 2.45) is 11.8 Å². The minimum absolute atomic E-state index is 0.616. The lowest BCUT2D eigenvalue weighted by atomic mass is 10.0. The maximum Gasteiger partial charge on any atom is 0.228 e. The molecule has 2 aliphatic rings. The molecule has 0 amide bonds. The molecule has 2 aromatic heterocycles. The Morgan fingerprint density at radius 2 is 1.71 bits per heavy atom. The van der Waals surface area contributed by atoms with Crippen LogP contribution in [-0.2, 0) is 0 Å². The van der Waals surface area contributed by atoms with E-state index in [-0.39, 0.29) is 0 Å². The molecule has 126 valence electrons. The van der Waals surface area contributed by atoms with Crippen molar-refractivity contribution in [2.75, 3.05) is 43.1 Å². The number of anilines is 2. The number of methoxy groups -OCH3 is 1. The first-order chi connectivity index (χ1) is 11.7. The normalized spacial score (nSPS) is 22.8. The molecule has 2 saturated heterocycles. The number of nitrogens with zero attached hydrogens (tertiary/aromatic N) is 6. The summed E-state index contributed by atoms with van der Waals surface area (Å²) in [5, 5.41) is 0. The second-order valence-electron chi connectivity index (χ2n) is 6.64. The van der Waals surface area contributed by atoms with Crippen LogP contribution in [0.15, 0.2) is 18.6 Å². The van der Waals surface area contributed by atoms with Gasteiger partial charge < -0.3 is 14.5 Å². The molecule has 0 radical (unpaired) electrons. The van der Waals surface area contributed by atoms with E-state index in [1.807, 2.05) is 6.92 Å². The van der Waals surface area contributed by atoms with Gasteiger partial charge in [0.05, 0.1) is 7.11 Å². The van der Waals surface area contributed by atoms with Crippen molar-refractivity contribution in [3.63, 3.8) is 0 Å². The Kier molecular flexibility index (Phi) is 3.70. The summed E-state index contributed by atoms with van der Waals surface area (Å²) in [5.74, 6) is 3.71. The maximum absolute atomic E-state index is 5.21. The predicted molar refractivity (Wildman–Crippen MR) is 91.5 cm³/mol. The number of hydrogen-bond donors (Lipinski definition) is 0. The van der Waals surface area contributed by atoms with Gasteiger partial charge in [0.15, 0.2) is 0 Å². The molecule has 0 spiro atoms. The zero-order chi connectivity index (χ0) is 16.7. The van der Waals surface area contributed by atoms with Gasteiger partial charge in [-0.1, -0.05) is 0 Å². The highest BCUT2D eigenvalue weighted by Crippen LogP contribution is 2.35. The van der Waals surface area contributed by atoms with Crippen molar-refractivity contribution in [1.82, 2.24) is 19.9 Å². The van der Waals surface area contributed by atoms with E-state index >= 15 is 0 Å². The average molecular weight is 326 g/mol. The molecule has 24 heavy (non-hydrogen) atoms. The summed E-state index contributed by atoms with van der Waals surface area (Å²) in [5.41, 5.74) is 2.24. The molecular weight excluding hydrogens is 304 g/mol. The second-order valence-corrected chi connectivity index (χ2v) is 6.64. The third-order valence-electron chi connectivity index (χ3n) is 5.20. The fourth-order valence-electron chi connectivity index (χ4n) is 3.77. The number of aromatic nitrogens is 4. The molecule has 0 aliphatic carbocycles. The van der Waals surface area contributed by atoms with Crippen molar-refractivity contribution >= 4 is 11.8 Å². The molecule has 2 fully saturated rings. The number of fused-ring (bicyclic) bond motifs is 1. The van der Waals surface area contributed by atoms with Gasteiger partial charge in [0.2, 0.25) is 11.8 Å². The Bertz CT molecular complexity index is 738. The van der Waals surface area contributed by atoms with E-state index in [1.165, 1.54) is 5.56 Å². The zero-order valence-electron chi connectivity index (χ0n) is 14.3. The minimum Gasteiger partial charge on any atom is -0.481 e. The lowest BCUT2D eigenvalue weighted by Crippen LogP contribution is -2.30. The van der Waals surface area contributed by atoms with E-state index in [1.54, 1.807) is 25.7 Å². The van der Waals surface area contributed by atoms with Crippen molar-refractivity contribution in [3.8, 4) is 5.88 Å². The smallest absolute Gasteiger partial charge is 0.228 e. The first kappa shape index (κ1) is 15.1. The molecule has 0 saturated carbocycles. The summed E-state index contributed by atoms with van der Waals surface area (Å²) < 4.78 is 5.21. The Balaban J connectivity index is 1.48. The Hall–Kier alpha value is -2.44. The van der Waals surface area contributed by atoms with Gasteiger partial charge in [-0.2, -0.15) is 4.98 Å². The van der Waals surface area contributed by atoms with Gasteiger partial charge in [-0.15, -0.1) is 0 Å². The van der Waals surface area contributed by atoms with Crippen LogP contribution >= 0.6 is 0 Å². The molecule has 4 rings (SSSR count). The van der Waals surface area contributed by atoms with Gasteiger partial charge in [-0.05, 0) is 13.8 Å². The largest absolute Gasteiger partial charge is 0.481 e. The summed E-state index contributed by atoms with van der Waals surface area (Å²) >= 11 is 0. The van der Waals surface area contributed by atoms with E-state index in [0.717, 1.165) is 43.6 Å². The van der Waals surface area contributed by atoms with Crippen LogP contribution in [0, 0.1) is 25.7 Å². The van der Waals surface area contributed by atoms with Crippen LogP contribution in [0.1, 0.15) is 11.3 Å². The standard InChI is InChI=1S/C17H22N6O/c1-11-12(2)19-10-20-16(11)22-6-13-8-23(9-14(13)7-22)17-18-5-4-15(21-17)24-3/h4-5,10,13-14H,6-9H2,1-3H3. The number of aryl methyl sites for hydroxylation is 1. The Morgan fingerprint density at radius 1 is 1.00 bits per heavy atom. The summed E-state index contributed by atoms with van der Waals surface area (Å²) in [6.07, 6.45) is 3.43. The average Bonchev–Trinajstić information content (AvgIpc) is 3.16. The minimum atomic E-state index is 0.616. The van der Waals surface area contributed by atoms with Gasteiger partial charge in [0.1, 0.15) is 12.1 Å². The first-order valence-corrected chi connectivity index (χ1v) is 8.31. The van der Waals surface area contributed by atoms with Crippen molar-refractivity contribution in [2.45, 2.75) is 13.8 Å². The zero-order valence-corrected chi connectivity index (χ0v) is 14.3. The van der Waals surface area contributed by atoms with Gasteiger partial charge in [-0.25, -0.2) is 15.0 Å². The van der Waals surface area contributed by atoms with E-state index in [0.29, 0.717) is 17.7 Å². The van der Waals surface area contributed by atoms with Crippen LogP contribution in [0.4, 0.5) is 11.8 Å². The monoisotopic (exact) mass is 326 g/mol. The van der Waals surface area contributed by atoms with Crippen LogP contribution in [0.5, 0.6) is 5.88 Å². The third kappa shape index (κ3) is 2.53. The lowest BCUT2D eigenvalue weighted by molar-refractivity contribution is 0.397. The highest BCUT2D eigenvalue weighted by molar-refractivity contribution is 5.49. The molecular formula is C17H22N6O. The number of rotatable bonds is 3. The summed E-state index contributed by atoms with van der Waals surface area (Å²) in [7, 11) is 1.63. The SMILES string of the molecule is COc1ccnc(N2CC3CN(c4ncnc(C)c4C)CC3C2)n1. The lowest BCUT2D eigenvalue weighted by Gasteiger charge is -2.23. The molecule has 0 N–H and O–H groups in total. The van der Waals surface area contributed by atoms with Crippen molar-refractivity contribution in [1.29, 1.82) is 0 Å². The molecule has 7 heteroatoms. The van der Waals surface area contributed by atoms with Crippen LogP contribution in [-0.4, -0.2) is 53.2 Å². The molecule has 2 atom stereocenters. The van der Waals surface area contributed by atoms with Crippen molar-refractivity contribution < 1.29 is 4.74 Å². The van der Waals surface area contributed by atoms with Gasteiger partial charge in [0, 0.05) is 61.5 Å². The summed E-state index contributed by atoms with van der Waals surface area (Å²) in [4.78, 5) is 22.3.